The maximum absolute atomic E-state index is 13.4. The number of hydrogen-bond acceptors (Lipinski definition) is 3. The van der Waals surface area contributed by atoms with E-state index in [0.29, 0.717) is 17.7 Å². The number of aryl methyl sites for hydroxylation is 1. The monoisotopic (exact) mass is 366 g/mol. The number of nitrogens with zero attached hydrogens (tertiary/aromatic N) is 1. The minimum atomic E-state index is -0.207. The third-order valence-electron chi connectivity index (χ3n) is 5.81. The number of halogens is 1. The van der Waals surface area contributed by atoms with Crippen molar-refractivity contribution in [1.82, 2.24) is 10.2 Å². The molecule has 3 fully saturated rings. The SMILES string of the molecule is Cc1ccc(SC2(C(=O)N3C[C@H]4CNC[C@H]4C3)CCCC2)cc1.Cl. The molecule has 0 spiro atoms. The molecule has 2 aliphatic heterocycles. The van der Waals surface area contributed by atoms with Gasteiger partial charge in [-0.2, -0.15) is 0 Å². The van der Waals surface area contributed by atoms with Gasteiger partial charge in [-0.25, -0.2) is 0 Å². The van der Waals surface area contributed by atoms with E-state index in [1.165, 1.54) is 23.3 Å². The topological polar surface area (TPSA) is 32.3 Å². The number of carbonyl (C=O) groups is 1. The number of nitrogens with one attached hydrogen (secondary N) is 1. The van der Waals surface area contributed by atoms with Gasteiger partial charge in [-0.1, -0.05) is 30.5 Å². The summed E-state index contributed by atoms with van der Waals surface area (Å²) in [6, 6.07) is 8.66. The second-order valence-electron chi connectivity index (χ2n) is 7.51. The highest BCUT2D eigenvalue weighted by Gasteiger charge is 2.48. The van der Waals surface area contributed by atoms with Gasteiger partial charge in [-0.3, -0.25) is 4.79 Å². The van der Waals surface area contributed by atoms with Crippen LogP contribution in [0.1, 0.15) is 31.2 Å². The molecule has 132 valence electrons. The molecule has 1 aromatic carbocycles. The Bertz CT molecular complexity index is 574. The average Bonchev–Trinajstić information content (AvgIpc) is 3.24. The highest BCUT2D eigenvalue weighted by atomic mass is 35.5. The third kappa shape index (κ3) is 3.33. The first-order valence-corrected chi connectivity index (χ1v) is 9.74. The minimum absolute atomic E-state index is 0. The van der Waals surface area contributed by atoms with Crippen LogP contribution >= 0.6 is 24.2 Å². The molecule has 2 atom stereocenters. The number of amides is 1. The van der Waals surface area contributed by atoms with Crippen molar-refractivity contribution in [3.63, 3.8) is 0 Å². The van der Waals surface area contributed by atoms with Gasteiger partial charge in [0.2, 0.25) is 5.91 Å². The molecule has 5 heteroatoms. The largest absolute Gasteiger partial charge is 0.341 e. The van der Waals surface area contributed by atoms with Gasteiger partial charge in [0.05, 0.1) is 4.75 Å². The second kappa shape index (κ2) is 7.27. The normalized spacial score (nSPS) is 27.8. The maximum Gasteiger partial charge on any atom is 0.239 e. The first-order chi connectivity index (χ1) is 11.2. The molecule has 2 saturated heterocycles. The summed E-state index contributed by atoms with van der Waals surface area (Å²) in [5.41, 5.74) is 1.28. The van der Waals surface area contributed by atoms with E-state index >= 15 is 0 Å². The van der Waals surface area contributed by atoms with E-state index in [9.17, 15) is 4.79 Å². The summed E-state index contributed by atoms with van der Waals surface area (Å²) in [5, 5.41) is 3.46. The predicted molar refractivity (Wildman–Crippen MR) is 102 cm³/mol. The van der Waals surface area contributed by atoms with Gasteiger partial charge >= 0.3 is 0 Å². The molecule has 1 aromatic rings. The first kappa shape index (κ1) is 18.1. The van der Waals surface area contributed by atoms with Crippen molar-refractivity contribution < 1.29 is 4.79 Å². The molecule has 0 radical (unpaired) electrons. The molecule has 2 heterocycles. The molecule has 0 unspecified atom stereocenters. The van der Waals surface area contributed by atoms with E-state index in [0.717, 1.165) is 39.0 Å². The second-order valence-corrected chi connectivity index (χ2v) is 8.96. The Morgan fingerprint density at radius 1 is 1.12 bits per heavy atom. The molecule has 3 nitrogen and oxygen atoms in total. The standard InChI is InChI=1S/C19H26N2OS.ClH/c1-14-4-6-17(7-5-14)23-19(8-2-3-9-19)18(22)21-12-15-10-20-11-16(15)13-21;/h4-7,15-16,20H,2-3,8-13H2,1H3;1H/t15-,16+;. The highest BCUT2D eigenvalue weighted by Crippen LogP contribution is 2.47. The molecule has 0 aromatic heterocycles. The van der Waals surface area contributed by atoms with Gasteiger partial charge in [0, 0.05) is 31.1 Å². The van der Waals surface area contributed by atoms with Gasteiger partial charge in [0.1, 0.15) is 0 Å². The van der Waals surface area contributed by atoms with Gasteiger partial charge in [0.15, 0.2) is 0 Å². The maximum atomic E-state index is 13.4. The van der Waals surface area contributed by atoms with Crippen LogP contribution in [-0.4, -0.2) is 41.7 Å². The number of rotatable bonds is 3. The van der Waals surface area contributed by atoms with Crippen LogP contribution < -0.4 is 5.32 Å². The van der Waals surface area contributed by atoms with E-state index < -0.39 is 0 Å². The zero-order valence-electron chi connectivity index (χ0n) is 14.3. The van der Waals surface area contributed by atoms with Crippen LogP contribution in [0.4, 0.5) is 0 Å². The van der Waals surface area contributed by atoms with Crippen LogP contribution in [0, 0.1) is 18.8 Å². The average molecular weight is 367 g/mol. The van der Waals surface area contributed by atoms with E-state index in [-0.39, 0.29) is 17.2 Å². The van der Waals surface area contributed by atoms with Crippen molar-refractivity contribution in [3.8, 4) is 0 Å². The van der Waals surface area contributed by atoms with E-state index in [1.807, 2.05) is 11.8 Å². The fourth-order valence-electron chi connectivity index (χ4n) is 4.45. The lowest BCUT2D eigenvalue weighted by Gasteiger charge is -2.32. The Morgan fingerprint density at radius 2 is 1.71 bits per heavy atom. The number of carbonyl (C=O) groups excluding carboxylic acids is 1. The summed E-state index contributed by atoms with van der Waals surface area (Å²) in [6.07, 6.45) is 4.45. The highest BCUT2D eigenvalue weighted by molar-refractivity contribution is 8.01. The van der Waals surface area contributed by atoms with Crippen molar-refractivity contribution in [1.29, 1.82) is 0 Å². The smallest absolute Gasteiger partial charge is 0.239 e. The Morgan fingerprint density at radius 3 is 2.29 bits per heavy atom. The van der Waals surface area contributed by atoms with Gasteiger partial charge < -0.3 is 10.2 Å². The summed E-state index contributed by atoms with van der Waals surface area (Å²) in [7, 11) is 0. The van der Waals surface area contributed by atoms with Crippen LogP contribution in [0.15, 0.2) is 29.2 Å². The molecular formula is C19H27ClN2OS. The number of thioether (sulfide) groups is 1. The zero-order valence-corrected chi connectivity index (χ0v) is 15.9. The van der Waals surface area contributed by atoms with Crippen molar-refractivity contribution in [3.05, 3.63) is 29.8 Å². The zero-order chi connectivity index (χ0) is 15.9. The van der Waals surface area contributed by atoms with E-state index in [2.05, 4.69) is 41.4 Å². The number of fused-ring (bicyclic) bond motifs is 1. The number of likely N-dealkylation sites (tertiary alicyclic amines) is 1. The molecule has 0 bridgehead atoms. The summed E-state index contributed by atoms with van der Waals surface area (Å²) in [5.74, 6) is 1.78. The molecule has 1 saturated carbocycles. The molecular weight excluding hydrogens is 340 g/mol. The Balaban J connectivity index is 0.00000169. The Labute approximate surface area is 155 Å². The molecule has 1 aliphatic carbocycles. The quantitative estimate of drug-likeness (QED) is 0.888. The fourth-order valence-corrected chi connectivity index (χ4v) is 5.88. The lowest BCUT2D eigenvalue weighted by molar-refractivity contribution is -0.132. The minimum Gasteiger partial charge on any atom is -0.341 e. The summed E-state index contributed by atoms with van der Waals surface area (Å²) in [4.78, 5) is 16.8. The number of hydrogen-bond donors (Lipinski definition) is 1. The van der Waals surface area contributed by atoms with Crippen LogP contribution in [-0.2, 0) is 4.79 Å². The lowest BCUT2D eigenvalue weighted by Crippen LogP contribution is -2.45. The lowest BCUT2D eigenvalue weighted by atomic mass is 10.0. The fraction of sp³-hybridized carbons (Fsp3) is 0.632. The summed E-state index contributed by atoms with van der Waals surface area (Å²) < 4.78 is -0.207. The van der Waals surface area contributed by atoms with Crippen LogP contribution in [0.2, 0.25) is 0 Å². The van der Waals surface area contributed by atoms with Gasteiger partial charge in [-0.05, 0) is 43.7 Å². The first-order valence-electron chi connectivity index (χ1n) is 8.92. The molecule has 24 heavy (non-hydrogen) atoms. The molecule has 1 N–H and O–H groups in total. The van der Waals surface area contributed by atoms with Crippen molar-refractivity contribution in [2.45, 2.75) is 42.2 Å². The number of benzene rings is 1. The van der Waals surface area contributed by atoms with Crippen LogP contribution in [0.3, 0.4) is 0 Å². The van der Waals surface area contributed by atoms with Crippen molar-refractivity contribution >= 4 is 30.1 Å². The molecule has 1 amide bonds. The van der Waals surface area contributed by atoms with Gasteiger partial charge in [0.25, 0.3) is 0 Å². The van der Waals surface area contributed by atoms with Crippen LogP contribution in [0.25, 0.3) is 0 Å². The molecule has 4 rings (SSSR count). The third-order valence-corrected chi connectivity index (χ3v) is 7.29. The summed E-state index contributed by atoms with van der Waals surface area (Å²) in [6.45, 7) is 6.22. The van der Waals surface area contributed by atoms with Crippen LogP contribution in [0.5, 0.6) is 0 Å². The van der Waals surface area contributed by atoms with Crippen molar-refractivity contribution in [2.75, 3.05) is 26.2 Å². The predicted octanol–water partition coefficient (Wildman–Crippen LogP) is 3.50. The molecule has 3 aliphatic rings. The van der Waals surface area contributed by atoms with Gasteiger partial charge in [-0.15, -0.1) is 24.2 Å². The van der Waals surface area contributed by atoms with Crippen molar-refractivity contribution in [2.24, 2.45) is 11.8 Å². The Hall–Kier alpha value is -0.710. The van der Waals surface area contributed by atoms with E-state index in [4.69, 9.17) is 0 Å². The van der Waals surface area contributed by atoms with E-state index in [1.54, 1.807) is 0 Å². The summed E-state index contributed by atoms with van der Waals surface area (Å²) >= 11 is 1.82. The Kier molecular flexibility index (Phi) is 5.48.